The van der Waals surface area contributed by atoms with Crippen molar-refractivity contribution in [2.24, 2.45) is 0 Å². The lowest BCUT2D eigenvalue weighted by Crippen LogP contribution is -2.40. The predicted octanol–water partition coefficient (Wildman–Crippen LogP) is 3.19. The van der Waals surface area contributed by atoms with E-state index in [-0.39, 0.29) is 24.2 Å². The number of nitrogens with zero attached hydrogens (tertiary/aromatic N) is 2. The maximum atomic E-state index is 11.8. The number of nitrogens with one attached hydrogen (secondary N) is 1. The molecule has 0 aliphatic carbocycles. The van der Waals surface area contributed by atoms with Crippen LogP contribution in [0.4, 0.5) is 0 Å². The smallest absolute Gasteiger partial charge is 0.235 e. The van der Waals surface area contributed by atoms with Crippen LogP contribution in [0.2, 0.25) is 0 Å². The number of fused-ring (bicyclic) bond motifs is 1. The molecule has 1 N–H and O–H groups in total. The Labute approximate surface area is 196 Å². The molecule has 3 heterocycles. The van der Waals surface area contributed by atoms with E-state index in [9.17, 15) is 13.2 Å². The Kier molecular flexibility index (Phi) is 5.55. The molecule has 5 rings (SSSR count). The molecule has 2 atom stereocenters. The molecule has 9 nitrogen and oxygen atoms in total. The first-order chi connectivity index (χ1) is 16.4. The van der Waals surface area contributed by atoms with Gasteiger partial charge in [-0.25, -0.2) is 13.4 Å². The van der Waals surface area contributed by atoms with Gasteiger partial charge in [-0.15, -0.1) is 0 Å². The molecule has 0 spiro atoms. The molecule has 1 aromatic heterocycles. The number of carbonyl (C=O) groups excluding carboxylic acids is 1. The molecular weight excluding hydrogens is 458 g/mol. The van der Waals surface area contributed by atoms with Gasteiger partial charge < -0.3 is 14.2 Å². The van der Waals surface area contributed by atoms with Gasteiger partial charge in [0.05, 0.1) is 11.3 Å². The van der Waals surface area contributed by atoms with Gasteiger partial charge >= 0.3 is 0 Å². The second-order valence-corrected chi connectivity index (χ2v) is 9.73. The van der Waals surface area contributed by atoms with Gasteiger partial charge in [-0.3, -0.25) is 9.52 Å². The fourth-order valence-electron chi connectivity index (χ4n) is 3.99. The number of sulfonamides is 1. The van der Waals surface area contributed by atoms with Crippen LogP contribution in [0.25, 0.3) is 0 Å². The topological polar surface area (TPSA) is 128 Å². The van der Waals surface area contributed by atoms with Crippen LogP contribution in [0.3, 0.4) is 0 Å². The summed E-state index contributed by atoms with van der Waals surface area (Å²) >= 11 is 0. The minimum absolute atomic E-state index is 0.125. The molecular formula is C24H19N3O6S. The van der Waals surface area contributed by atoms with Crippen molar-refractivity contribution in [2.45, 2.75) is 18.4 Å². The Bertz CT molecular complexity index is 1380. The fourth-order valence-corrected chi connectivity index (χ4v) is 5.34. The van der Waals surface area contributed by atoms with Crippen molar-refractivity contribution in [1.29, 1.82) is 5.26 Å². The van der Waals surface area contributed by atoms with Gasteiger partial charge in [0.25, 0.3) is 0 Å². The average Bonchev–Trinajstić information content (AvgIpc) is 3.22. The number of ether oxygens (including phenoxy) is 3. The second kappa shape index (κ2) is 8.68. The van der Waals surface area contributed by atoms with Crippen LogP contribution in [0, 0.1) is 11.3 Å². The normalized spacial score (nSPS) is 20.4. The van der Waals surface area contributed by atoms with E-state index in [1.807, 2.05) is 22.9 Å². The van der Waals surface area contributed by atoms with E-state index in [0.29, 0.717) is 35.3 Å². The number of amides is 1. The molecule has 0 bridgehead atoms. The molecule has 1 amide bonds. The van der Waals surface area contributed by atoms with E-state index in [1.165, 1.54) is 6.20 Å². The van der Waals surface area contributed by atoms with Gasteiger partial charge in [-0.05, 0) is 29.8 Å². The van der Waals surface area contributed by atoms with Crippen LogP contribution in [-0.4, -0.2) is 31.7 Å². The third-order valence-electron chi connectivity index (χ3n) is 5.57. The van der Waals surface area contributed by atoms with Gasteiger partial charge in [-0.1, -0.05) is 24.3 Å². The molecule has 2 aliphatic heterocycles. The van der Waals surface area contributed by atoms with Gasteiger partial charge in [0, 0.05) is 30.2 Å². The largest absolute Gasteiger partial charge is 0.485 e. The van der Waals surface area contributed by atoms with Gasteiger partial charge in [0.15, 0.2) is 17.6 Å². The van der Waals surface area contributed by atoms with Crippen molar-refractivity contribution < 1.29 is 27.4 Å². The Morgan fingerprint density at radius 1 is 1.12 bits per heavy atom. The van der Waals surface area contributed by atoms with Crippen LogP contribution in [0.15, 0.2) is 60.8 Å². The molecule has 3 aromatic rings. The maximum Gasteiger partial charge on any atom is 0.235 e. The summed E-state index contributed by atoms with van der Waals surface area (Å²) in [6.07, 6.45) is 1.20. The molecule has 10 heteroatoms. The standard InChI is InChI=1S/C24H19N3O6S/c25-11-15-4-9-23(26-12-15)33-20-3-1-2-19-21(13-31-24(19)20)32-18-7-5-16(6-8-18)17-10-22(28)27-34(29,30)14-17/h1-9,12,17,21H,10,13-14H2,(H,27,28)/t17?,21-/m1/s1. The monoisotopic (exact) mass is 477 g/mol. The highest BCUT2D eigenvalue weighted by molar-refractivity contribution is 7.90. The second-order valence-electron chi connectivity index (χ2n) is 7.97. The highest BCUT2D eigenvalue weighted by atomic mass is 32.2. The Morgan fingerprint density at radius 3 is 2.65 bits per heavy atom. The van der Waals surface area contributed by atoms with Gasteiger partial charge in [0.2, 0.25) is 21.8 Å². The van der Waals surface area contributed by atoms with Crippen molar-refractivity contribution in [2.75, 3.05) is 12.4 Å². The third-order valence-corrected chi connectivity index (χ3v) is 6.95. The minimum Gasteiger partial charge on any atom is -0.485 e. The maximum absolute atomic E-state index is 11.8. The van der Waals surface area contributed by atoms with Crippen LogP contribution >= 0.6 is 0 Å². The molecule has 2 aliphatic rings. The van der Waals surface area contributed by atoms with Crippen LogP contribution in [-0.2, 0) is 14.8 Å². The van der Waals surface area contributed by atoms with E-state index in [0.717, 1.165) is 11.1 Å². The Balaban J connectivity index is 1.29. The first kappa shape index (κ1) is 21.7. The van der Waals surface area contributed by atoms with E-state index >= 15 is 0 Å². The van der Waals surface area contributed by atoms with Gasteiger partial charge in [-0.2, -0.15) is 5.26 Å². The molecule has 172 valence electrons. The summed E-state index contributed by atoms with van der Waals surface area (Å²) in [5.74, 6) is 0.980. The zero-order valence-corrected chi connectivity index (χ0v) is 18.6. The van der Waals surface area contributed by atoms with Gasteiger partial charge in [0.1, 0.15) is 18.4 Å². The number of hydrogen-bond acceptors (Lipinski definition) is 8. The van der Waals surface area contributed by atoms with E-state index < -0.39 is 15.9 Å². The number of para-hydroxylation sites is 1. The van der Waals surface area contributed by atoms with E-state index in [4.69, 9.17) is 19.5 Å². The van der Waals surface area contributed by atoms with Crippen molar-refractivity contribution in [3.8, 4) is 29.2 Å². The SMILES string of the molecule is N#Cc1ccc(Oc2cccc3c2OC[C@H]3Oc2ccc(C3CC(=O)NS(=O)(=O)C3)cc2)nc1. The van der Waals surface area contributed by atoms with E-state index in [1.54, 1.807) is 42.5 Å². The minimum atomic E-state index is -3.60. The molecule has 0 radical (unpaired) electrons. The molecule has 2 aromatic carbocycles. The summed E-state index contributed by atoms with van der Waals surface area (Å²) in [5, 5.41) is 8.90. The Morgan fingerprint density at radius 2 is 1.94 bits per heavy atom. The lowest BCUT2D eigenvalue weighted by atomic mass is 9.97. The lowest BCUT2D eigenvalue weighted by Gasteiger charge is -2.22. The number of carbonyl (C=O) groups is 1. The average molecular weight is 477 g/mol. The van der Waals surface area contributed by atoms with Crippen molar-refractivity contribution in [3.63, 3.8) is 0 Å². The molecule has 34 heavy (non-hydrogen) atoms. The fraction of sp³-hybridized carbons (Fsp3) is 0.208. The van der Waals surface area contributed by atoms with Crippen LogP contribution < -0.4 is 18.9 Å². The highest BCUT2D eigenvalue weighted by Gasteiger charge is 2.31. The number of aromatic nitrogens is 1. The van der Waals surface area contributed by atoms with Crippen molar-refractivity contribution in [3.05, 3.63) is 77.5 Å². The summed E-state index contributed by atoms with van der Waals surface area (Å²) in [7, 11) is -3.60. The number of benzene rings is 2. The highest BCUT2D eigenvalue weighted by Crippen LogP contribution is 2.43. The summed E-state index contributed by atoms with van der Waals surface area (Å²) < 4.78 is 43.5. The first-order valence-electron chi connectivity index (χ1n) is 10.5. The molecule has 1 fully saturated rings. The zero-order valence-electron chi connectivity index (χ0n) is 17.8. The van der Waals surface area contributed by atoms with Crippen LogP contribution in [0.5, 0.6) is 23.1 Å². The number of rotatable bonds is 5. The molecule has 1 unspecified atom stereocenters. The van der Waals surface area contributed by atoms with Crippen molar-refractivity contribution >= 4 is 15.9 Å². The molecule has 0 saturated carbocycles. The van der Waals surface area contributed by atoms with E-state index in [2.05, 4.69) is 4.98 Å². The summed E-state index contributed by atoms with van der Waals surface area (Å²) in [6, 6.07) is 17.8. The summed E-state index contributed by atoms with van der Waals surface area (Å²) in [4.78, 5) is 15.8. The number of pyridine rings is 1. The van der Waals surface area contributed by atoms with Crippen molar-refractivity contribution in [1.82, 2.24) is 9.71 Å². The summed E-state index contributed by atoms with van der Waals surface area (Å²) in [6.45, 7) is 0.291. The zero-order chi connectivity index (χ0) is 23.7. The lowest BCUT2D eigenvalue weighted by molar-refractivity contribution is -0.119. The Hall–Kier alpha value is -4.10. The first-order valence-corrected chi connectivity index (χ1v) is 12.1. The molecule has 1 saturated heterocycles. The number of hydrogen-bond donors (Lipinski definition) is 1. The third kappa shape index (κ3) is 4.51. The number of nitriles is 1. The predicted molar refractivity (Wildman–Crippen MR) is 120 cm³/mol. The quantitative estimate of drug-likeness (QED) is 0.593. The van der Waals surface area contributed by atoms with Crippen LogP contribution in [0.1, 0.15) is 35.1 Å². The summed E-state index contributed by atoms with van der Waals surface area (Å²) in [5.41, 5.74) is 2.03.